The van der Waals surface area contributed by atoms with Crippen molar-refractivity contribution in [1.29, 1.82) is 0 Å². The molecule has 1 heterocycles. The summed E-state index contributed by atoms with van der Waals surface area (Å²) in [5.41, 5.74) is -1.37. The number of para-hydroxylation sites is 1. The van der Waals surface area contributed by atoms with E-state index in [0.717, 1.165) is 6.42 Å². The minimum Gasteiger partial charge on any atom is -0.482 e. The molecule has 1 unspecified atom stereocenters. The highest BCUT2D eigenvalue weighted by Gasteiger charge is 2.56. The molecule has 1 N–H and O–H groups in total. The smallest absolute Gasteiger partial charge is 0.454 e. The Hall–Kier alpha value is -2.06. The maximum absolute atomic E-state index is 13.4. The fraction of sp³-hybridized carbons (Fsp3) is 0.500. The number of fused-ring (bicyclic) bond motifs is 1. The van der Waals surface area contributed by atoms with Crippen molar-refractivity contribution in [3.05, 3.63) is 41.3 Å². The van der Waals surface area contributed by atoms with Crippen LogP contribution in [0.15, 0.2) is 35.7 Å². The molecule has 0 bridgehead atoms. The van der Waals surface area contributed by atoms with Gasteiger partial charge in [0.05, 0.1) is 7.11 Å². The number of ether oxygens (including phenoxy) is 2. The van der Waals surface area contributed by atoms with E-state index in [1.807, 2.05) is 6.92 Å². The zero-order valence-electron chi connectivity index (χ0n) is 15.2. The number of anilines is 1. The van der Waals surface area contributed by atoms with Gasteiger partial charge in [-0.1, -0.05) is 31.5 Å². The van der Waals surface area contributed by atoms with Gasteiger partial charge in [-0.3, -0.25) is 9.69 Å². The Balaban J connectivity index is 2.76. The Bertz CT molecular complexity index is 701. The first-order valence-corrected chi connectivity index (χ1v) is 8.28. The minimum atomic E-state index is -5.07. The third kappa shape index (κ3) is 3.43. The number of unbranched alkanes of at least 4 members (excludes halogenated alkanes) is 1. The van der Waals surface area contributed by atoms with Crippen molar-refractivity contribution >= 4 is 11.5 Å². The second kappa shape index (κ2) is 7.67. The van der Waals surface area contributed by atoms with Gasteiger partial charge in [0.15, 0.2) is 5.72 Å². The van der Waals surface area contributed by atoms with Crippen molar-refractivity contribution in [2.45, 2.75) is 31.7 Å². The van der Waals surface area contributed by atoms with Gasteiger partial charge in [-0.25, -0.2) is 0 Å². The first-order valence-electron chi connectivity index (χ1n) is 8.28. The van der Waals surface area contributed by atoms with Crippen LogP contribution in [0.1, 0.15) is 25.3 Å². The summed E-state index contributed by atoms with van der Waals surface area (Å²) in [5.74, 6) is -2.27. The molecule has 0 fully saturated rings. The van der Waals surface area contributed by atoms with Gasteiger partial charge < -0.3 is 14.8 Å². The summed E-state index contributed by atoms with van der Waals surface area (Å²) in [5, 5.41) is 2.78. The first kappa shape index (κ1) is 20.3. The van der Waals surface area contributed by atoms with Crippen molar-refractivity contribution in [3.63, 3.8) is 0 Å². The number of ketones is 1. The number of hydrogen-bond acceptors (Lipinski definition) is 5. The summed E-state index contributed by atoms with van der Waals surface area (Å²) in [6, 6.07) is 6.77. The van der Waals surface area contributed by atoms with E-state index in [4.69, 9.17) is 9.47 Å². The number of carbonyl (C=O) groups is 1. The summed E-state index contributed by atoms with van der Waals surface area (Å²) in [4.78, 5) is 13.8. The predicted molar refractivity (Wildman–Crippen MR) is 91.4 cm³/mol. The summed E-state index contributed by atoms with van der Waals surface area (Å²) in [7, 11) is 4.36. The SMILES string of the molecule is CCCCOC1(N(C)C)C(C(=O)C(F)(F)F)=C(OC)Nc2ccccc21. The molecule has 1 aliphatic rings. The summed E-state index contributed by atoms with van der Waals surface area (Å²) < 4.78 is 51.2. The van der Waals surface area contributed by atoms with Crippen LogP contribution in [0.25, 0.3) is 0 Å². The number of nitrogens with zero attached hydrogens (tertiary/aromatic N) is 1. The molecule has 0 spiro atoms. The Morgan fingerprint density at radius 2 is 1.92 bits per heavy atom. The lowest BCUT2D eigenvalue weighted by Crippen LogP contribution is -2.53. The highest BCUT2D eigenvalue weighted by Crippen LogP contribution is 2.47. The number of alkyl halides is 3. The molecule has 0 saturated heterocycles. The Kier molecular flexibility index (Phi) is 5.98. The van der Waals surface area contributed by atoms with Crippen molar-refractivity contribution in [2.24, 2.45) is 0 Å². The molecule has 5 nitrogen and oxygen atoms in total. The average Bonchev–Trinajstić information content (AvgIpc) is 2.59. The fourth-order valence-corrected chi connectivity index (χ4v) is 3.02. The van der Waals surface area contributed by atoms with E-state index in [9.17, 15) is 18.0 Å². The topological polar surface area (TPSA) is 50.8 Å². The van der Waals surface area contributed by atoms with E-state index >= 15 is 0 Å². The van der Waals surface area contributed by atoms with E-state index in [-0.39, 0.29) is 12.5 Å². The highest BCUT2D eigenvalue weighted by molar-refractivity contribution is 6.03. The lowest BCUT2D eigenvalue weighted by molar-refractivity contribution is -0.177. The van der Waals surface area contributed by atoms with Gasteiger partial charge in [0.25, 0.3) is 5.78 Å². The molecule has 0 aromatic heterocycles. The number of halogens is 3. The van der Waals surface area contributed by atoms with Crippen molar-refractivity contribution < 1.29 is 27.4 Å². The van der Waals surface area contributed by atoms with E-state index in [1.165, 1.54) is 12.0 Å². The quantitative estimate of drug-likeness (QED) is 0.585. The molecule has 1 aliphatic heterocycles. The van der Waals surface area contributed by atoms with Crippen LogP contribution in [-0.4, -0.2) is 44.7 Å². The number of carbonyl (C=O) groups excluding carboxylic acids is 1. The number of benzene rings is 1. The normalized spacial score (nSPS) is 20.0. The van der Waals surface area contributed by atoms with Gasteiger partial charge >= 0.3 is 6.18 Å². The standard InChI is InChI=1S/C18H23F3N2O3/c1-5-6-11-26-17(23(2)3)12-9-7-8-10-13(12)22-16(25-4)14(17)15(24)18(19,20)21/h7-10,22H,5-6,11H2,1-4H3. The molecular formula is C18H23F3N2O3. The molecule has 1 aromatic rings. The molecule has 144 valence electrons. The van der Waals surface area contributed by atoms with E-state index in [2.05, 4.69) is 5.32 Å². The Morgan fingerprint density at radius 1 is 1.27 bits per heavy atom. The Labute approximate surface area is 150 Å². The molecule has 0 radical (unpaired) electrons. The number of methoxy groups -OCH3 is 1. The van der Waals surface area contributed by atoms with Crippen LogP contribution in [0.3, 0.4) is 0 Å². The zero-order valence-corrected chi connectivity index (χ0v) is 15.2. The van der Waals surface area contributed by atoms with Crippen molar-refractivity contribution in [1.82, 2.24) is 4.90 Å². The maximum Gasteiger partial charge on any atom is 0.454 e. The van der Waals surface area contributed by atoms with Gasteiger partial charge in [-0.05, 0) is 26.6 Å². The molecule has 0 aliphatic carbocycles. The monoisotopic (exact) mass is 372 g/mol. The molecular weight excluding hydrogens is 349 g/mol. The van der Waals surface area contributed by atoms with Crippen molar-refractivity contribution in [2.75, 3.05) is 33.1 Å². The third-order valence-electron chi connectivity index (χ3n) is 4.23. The average molecular weight is 372 g/mol. The highest BCUT2D eigenvalue weighted by atomic mass is 19.4. The van der Waals surface area contributed by atoms with Crippen LogP contribution < -0.4 is 5.32 Å². The summed E-state index contributed by atoms with van der Waals surface area (Å²) in [6.45, 7) is 2.13. The van der Waals surface area contributed by atoms with Crippen molar-refractivity contribution in [3.8, 4) is 0 Å². The maximum atomic E-state index is 13.4. The van der Waals surface area contributed by atoms with Crippen LogP contribution in [0, 0.1) is 0 Å². The molecule has 8 heteroatoms. The van der Waals surface area contributed by atoms with Gasteiger partial charge in [0.1, 0.15) is 5.57 Å². The van der Waals surface area contributed by atoms with E-state index in [1.54, 1.807) is 38.4 Å². The number of nitrogens with one attached hydrogen (secondary N) is 1. The van der Waals surface area contributed by atoms with Gasteiger partial charge in [0.2, 0.25) is 5.88 Å². The zero-order chi connectivity index (χ0) is 19.5. The van der Waals surface area contributed by atoms with Gasteiger partial charge in [0, 0.05) is 17.9 Å². The molecule has 1 aromatic carbocycles. The van der Waals surface area contributed by atoms with Gasteiger partial charge in [-0.15, -0.1) is 0 Å². The summed E-state index contributed by atoms with van der Waals surface area (Å²) >= 11 is 0. The van der Waals surface area contributed by atoms with Crippen LogP contribution in [0.4, 0.5) is 18.9 Å². The van der Waals surface area contributed by atoms with E-state index < -0.39 is 23.3 Å². The van der Waals surface area contributed by atoms with Crippen LogP contribution in [0.5, 0.6) is 0 Å². The molecule has 0 saturated carbocycles. The van der Waals surface area contributed by atoms with Gasteiger partial charge in [-0.2, -0.15) is 13.2 Å². The van der Waals surface area contributed by atoms with E-state index in [0.29, 0.717) is 17.7 Å². The second-order valence-corrected chi connectivity index (χ2v) is 6.15. The molecule has 26 heavy (non-hydrogen) atoms. The number of rotatable bonds is 7. The number of hydrogen-bond donors (Lipinski definition) is 1. The number of likely N-dealkylation sites (N-methyl/N-ethyl adjacent to an activating group) is 1. The largest absolute Gasteiger partial charge is 0.482 e. The second-order valence-electron chi connectivity index (χ2n) is 6.15. The first-order chi connectivity index (χ1) is 12.2. The third-order valence-corrected chi connectivity index (χ3v) is 4.23. The predicted octanol–water partition coefficient (Wildman–Crippen LogP) is 3.63. The molecule has 2 rings (SSSR count). The van der Waals surface area contributed by atoms with Crippen LogP contribution in [0.2, 0.25) is 0 Å². The minimum absolute atomic E-state index is 0.189. The molecule has 0 amide bonds. The van der Waals surface area contributed by atoms with Crippen LogP contribution >= 0.6 is 0 Å². The van der Waals surface area contributed by atoms with Crippen LogP contribution in [-0.2, 0) is 20.0 Å². The Morgan fingerprint density at radius 3 is 2.46 bits per heavy atom. The molecule has 1 atom stereocenters. The lowest BCUT2D eigenvalue weighted by atomic mass is 9.86. The fourth-order valence-electron chi connectivity index (χ4n) is 3.02. The lowest BCUT2D eigenvalue weighted by Gasteiger charge is -2.45. The number of Topliss-reactive ketones (excluding diaryl/α,β-unsaturated/α-hetero) is 1. The summed E-state index contributed by atoms with van der Waals surface area (Å²) in [6.07, 6.45) is -3.63.